The van der Waals surface area contributed by atoms with Crippen molar-refractivity contribution in [3.05, 3.63) is 24.3 Å². The second-order valence-corrected chi connectivity index (χ2v) is 2.06. The van der Waals surface area contributed by atoms with Gasteiger partial charge in [-0.3, -0.25) is 0 Å². The maximum absolute atomic E-state index is 5.06. The van der Waals surface area contributed by atoms with Crippen molar-refractivity contribution in [1.82, 2.24) is 0 Å². The summed E-state index contributed by atoms with van der Waals surface area (Å²) in [6.07, 6.45) is 8.90. The van der Waals surface area contributed by atoms with Crippen LogP contribution in [0.2, 0.25) is 0 Å². The van der Waals surface area contributed by atoms with Crippen LogP contribution in [0, 0.1) is 0 Å². The van der Waals surface area contributed by atoms with E-state index in [4.69, 9.17) is 9.47 Å². The highest BCUT2D eigenvalue weighted by Gasteiger charge is 2.23. The molecule has 3 heteroatoms. The van der Waals surface area contributed by atoms with Crippen molar-refractivity contribution in [1.29, 1.82) is 0 Å². The summed E-state index contributed by atoms with van der Waals surface area (Å²) in [5.74, 6) is -0.927. The topological polar surface area (TPSA) is 30.8 Å². The number of methoxy groups -OCH3 is 2. The van der Waals surface area contributed by atoms with Gasteiger partial charge in [-0.2, -0.15) is 0 Å². The molecule has 1 rings (SSSR count). The second-order valence-electron chi connectivity index (χ2n) is 2.06. The van der Waals surface area contributed by atoms with Gasteiger partial charge in [0.15, 0.2) is 0 Å². The molecule has 0 aromatic heterocycles. The summed E-state index contributed by atoms with van der Waals surface area (Å²) in [6, 6.07) is 0. The lowest BCUT2D eigenvalue weighted by molar-refractivity contribution is -0.162. The molecule has 0 atom stereocenters. The summed E-state index contributed by atoms with van der Waals surface area (Å²) in [5.41, 5.74) is 0. The molecule has 0 saturated carbocycles. The van der Waals surface area contributed by atoms with Gasteiger partial charge in [-0.1, -0.05) is 12.2 Å². The monoisotopic (exact) mass is 153 g/mol. The molecule has 0 N–H and O–H groups in total. The fourth-order valence-corrected chi connectivity index (χ4v) is 0.806. The third-order valence-electron chi connectivity index (χ3n) is 1.45. The quantitative estimate of drug-likeness (QED) is 0.557. The molecule has 0 spiro atoms. The third kappa shape index (κ3) is 1.76. The van der Waals surface area contributed by atoms with Crippen molar-refractivity contribution < 1.29 is 9.47 Å². The summed E-state index contributed by atoms with van der Waals surface area (Å²) in [7, 11) is 3.10. The van der Waals surface area contributed by atoms with Gasteiger partial charge in [0.25, 0.3) is 5.91 Å². The van der Waals surface area contributed by atoms with Gasteiger partial charge in [-0.15, -0.1) is 0 Å². The Kier molecular flexibility index (Phi) is 2.57. The van der Waals surface area contributed by atoms with E-state index >= 15 is 0 Å². The van der Waals surface area contributed by atoms with E-state index < -0.39 is 5.91 Å². The van der Waals surface area contributed by atoms with E-state index in [-0.39, 0.29) is 0 Å². The van der Waals surface area contributed by atoms with Gasteiger partial charge in [-0.05, 0) is 12.2 Å². The zero-order valence-electron chi connectivity index (χ0n) is 6.65. The highest BCUT2D eigenvalue weighted by molar-refractivity contribution is 5.72. The van der Waals surface area contributed by atoms with Crippen LogP contribution in [0.3, 0.4) is 0 Å². The zero-order valence-corrected chi connectivity index (χ0v) is 6.65. The van der Waals surface area contributed by atoms with Crippen LogP contribution >= 0.6 is 0 Å². The summed E-state index contributed by atoms with van der Waals surface area (Å²) < 4.78 is 10.1. The van der Waals surface area contributed by atoms with E-state index in [0.717, 1.165) is 0 Å². The SMILES string of the molecule is COC1(OC)C=CC=CC=N1. The van der Waals surface area contributed by atoms with Gasteiger partial charge in [-0.25, -0.2) is 4.99 Å². The lowest BCUT2D eigenvalue weighted by atomic mass is 10.4. The number of allylic oxidation sites excluding steroid dienone is 3. The first-order chi connectivity index (χ1) is 5.33. The molecule has 0 aromatic rings. The fraction of sp³-hybridized carbons (Fsp3) is 0.375. The molecular formula is C8H11NO2. The Morgan fingerprint density at radius 3 is 2.45 bits per heavy atom. The maximum atomic E-state index is 5.06. The number of aliphatic imine (C=N–C) groups is 1. The Morgan fingerprint density at radius 1 is 1.09 bits per heavy atom. The van der Waals surface area contributed by atoms with E-state index in [1.54, 1.807) is 26.5 Å². The molecule has 0 saturated heterocycles. The molecule has 0 unspecified atom stereocenters. The standard InChI is InChI=1S/C8H11NO2/c1-10-8(11-2)6-4-3-5-7-9-8/h3-7H,1-2H3. The number of hydrogen-bond donors (Lipinski definition) is 0. The van der Waals surface area contributed by atoms with E-state index in [0.29, 0.717) is 0 Å². The van der Waals surface area contributed by atoms with Gasteiger partial charge in [0.2, 0.25) is 0 Å². The van der Waals surface area contributed by atoms with Gasteiger partial charge in [0.1, 0.15) is 0 Å². The predicted molar refractivity (Wildman–Crippen MR) is 43.5 cm³/mol. The van der Waals surface area contributed by atoms with Crippen molar-refractivity contribution >= 4 is 6.21 Å². The molecule has 0 radical (unpaired) electrons. The molecule has 3 nitrogen and oxygen atoms in total. The smallest absolute Gasteiger partial charge is 0.290 e. The zero-order chi connectivity index (χ0) is 8.16. The first-order valence-corrected chi connectivity index (χ1v) is 3.33. The van der Waals surface area contributed by atoms with Crippen molar-refractivity contribution in [2.45, 2.75) is 5.91 Å². The minimum Gasteiger partial charge on any atom is -0.332 e. The molecule has 60 valence electrons. The Labute approximate surface area is 66.0 Å². The predicted octanol–water partition coefficient (Wildman–Crippen LogP) is 1.13. The van der Waals surface area contributed by atoms with Crippen LogP contribution in [-0.4, -0.2) is 26.3 Å². The van der Waals surface area contributed by atoms with Crippen molar-refractivity contribution in [3.63, 3.8) is 0 Å². The summed E-state index contributed by atoms with van der Waals surface area (Å²) >= 11 is 0. The lowest BCUT2D eigenvalue weighted by Gasteiger charge is -2.21. The molecule has 1 aliphatic heterocycles. The van der Waals surface area contributed by atoms with Crippen LogP contribution in [0.5, 0.6) is 0 Å². The normalized spacial score (nSPS) is 20.2. The van der Waals surface area contributed by atoms with E-state index in [1.807, 2.05) is 18.2 Å². The Balaban J connectivity index is 2.83. The molecule has 1 aliphatic rings. The average molecular weight is 153 g/mol. The molecular weight excluding hydrogens is 142 g/mol. The molecule has 0 bridgehead atoms. The van der Waals surface area contributed by atoms with Crippen LogP contribution in [0.1, 0.15) is 0 Å². The number of rotatable bonds is 2. The van der Waals surface area contributed by atoms with E-state index in [2.05, 4.69) is 4.99 Å². The van der Waals surface area contributed by atoms with Crippen LogP contribution in [0.15, 0.2) is 29.3 Å². The Morgan fingerprint density at radius 2 is 1.82 bits per heavy atom. The van der Waals surface area contributed by atoms with E-state index in [1.165, 1.54) is 0 Å². The van der Waals surface area contributed by atoms with Gasteiger partial charge < -0.3 is 9.47 Å². The Bertz CT molecular complexity index is 184. The highest BCUT2D eigenvalue weighted by atomic mass is 16.7. The van der Waals surface area contributed by atoms with Gasteiger partial charge in [0.05, 0.1) is 0 Å². The first kappa shape index (κ1) is 8.17. The fourth-order valence-electron chi connectivity index (χ4n) is 0.806. The molecule has 0 amide bonds. The number of nitrogens with zero attached hydrogens (tertiary/aromatic N) is 1. The molecule has 1 heterocycles. The van der Waals surface area contributed by atoms with Gasteiger partial charge >= 0.3 is 0 Å². The third-order valence-corrected chi connectivity index (χ3v) is 1.45. The molecule has 0 aliphatic carbocycles. The summed E-state index contributed by atoms with van der Waals surface area (Å²) in [6.45, 7) is 0. The molecule has 11 heavy (non-hydrogen) atoms. The first-order valence-electron chi connectivity index (χ1n) is 3.33. The Hall–Kier alpha value is -0.930. The van der Waals surface area contributed by atoms with Crippen LogP contribution in [0.4, 0.5) is 0 Å². The second kappa shape index (κ2) is 3.46. The van der Waals surface area contributed by atoms with Crippen LogP contribution in [0.25, 0.3) is 0 Å². The van der Waals surface area contributed by atoms with Crippen molar-refractivity contribution in [2.75, 3.05) is 14.2 Å². The minimum absolute atomic E-state index is 0.927. The average Bonchev–Trinajstić information content (AvgIpc) is 2.30. The minimum atomic E-state index is -0.927. The maximum Gasteiger partial charge on any atom is 0.290 e. The number of hydrogen-bond acceptors (Lipinski definition) is 3. The van der Waals surface area contributed by atoms with Crippen molar-refractivity contribution in [2.24, 2.45) is 4.99 Å². The summed E-state index contributed by atoms with van der Waals surface area (Å²) in [4.78, 5) is 4.05. The van der Waals surface area contributed by atoms with Crippen LogP contribution in [-0.2, 0) is 9.47 Å². The summed E-state index contributed by atoms with van der Waals surface area (Å²) in [5, 5.41) is 0. The highest BCUT2D eigenvalue weighted by Crippen LogP contribution is 2.15. The van der Waals surface area contributed by atoms with Crippen LogP contribution < -0.4 is 0 Å². The number of ether oxygens (including phenoxy) is 2. The molecule has 0 aromatic carbocycles. The van der Waals surface area contributed by atoms with Crippen molar-refractivity contribution in [3.8, 4) is 0 Å². The lowest BCUT2D eigenvalue weighted by Crippen LogP contribution is -2.28. The van der Waals surface area contributed by atoms with E-state index in [9.17, 15) is 0 Å². The van der Waals surface area contributed by atoms with Gasteiger partial charge in [0, 0.05) is 20.4 Å². The molecule has 0 fully saturated rings. The largest absolute Gasteiger partial charge is 0.332 e.